The minimum absolute atomic E-state index is 0.0385. The summed E-state index contributed by atoms with van der Waals surface area (Å²) in [6.45, 7) is 3.52. The third-order valence-electron chi connectivity index (χ3n) is 3.04. The molecule has 0 aromatic carbocycles. The highest BCUT2D eigenvalue weighted by atomic mass is 16.2. The van der Waals surface area contributed by atoms with E-state index in [-0.39, 0.29) is 18.2 Å². The van der Waals surface area contributed by atoms with Crippen LogP contribution in [0.5, 0.6) is 0 Å². The Bertz CT molecular complexity index is 472. The molecule has 2 rings (SSSR count). The summed E-state index contributed by atoms with van der Waals surface area (Å²) in [5.41, 5.74) is 7.78. The molecule has 0 atom stereocenters. The zero-order valence-corrected chi connectivity index (χ0v) is 10.1. The molecule has 0 bridgehead atoms. The number of ketones is 1. The lowest BCUT2D eigenvalue weighted by molar-refractivity contribution is 0.0945. The SMILES string of the molecule is Cc1[nH]c(C(=O)NC2CC2)c(C)c1C(=O)CN. The second-order valence-corrected chi connectivity index (χ2v) is 4.50. The van der Waals surface area contributed by atoms with Crippen LogP contribution in [0.1, 0.15) is 44.9 Å². The number of hydrogen-bond donors (Lipinski definition) is 3. The summed E-state index contributed by atoms with van der Waals surface area (Å²) < 4.78 is 0. The van der Waals surface area contributed by atoms with Crippen LogP contribution >= 0.6 is 0 Å². The van der Waals surface area contributed by atoms with Crippen LogP contribution < -0.4 is 11.1 Å². The van der Waals surface area contributed by atoms with Gasteiger partial charge in [-0.3, -0.25) is 9.59 Å². The van der Waals surface area contributed by atoms with Gasteiger partial charge in [0.2, 0.25) is 0 Å². The number of nitrogens with one attached hydrogen (secondary N) is 2. The number of rotatable bonds is 4. The summed E-state index contributed by atoms with van der Waals surface area (Å²) in [5, 5.41) is 2.90. The normalized spacial score (nSPS) is 14.8. The summed E-state index contributed by atoms with van der Waals surface area (Å²) >= 11 is 0. The number of hydrogen-bond acceptors (Lipinski definition) is 3. The van der Waals surface area contributed by atoms with Crippen molar-refractivity contribution in [3.05, 3.63) is 22.5 Å². The van der Waals surface area contributed by atoms with Gasteiger partial charge >= 0.3 is 0 Å². The molecular weight excluding hydrogens is 218 g/mol. The summed E-state index contributed by atoms with van der Waals surface area (Å²) in [6.07, 6.45) is 2.08. The van der Waals surface area contributed by atoms with E-state index in [0.717, 1.165) is 12.8 Å². The van der Waals surface area contributed by atoms with Crippen LogP contribution in [-0.4, -0.2) is 29.3 Å². The Balaban J connectivity index is 2.28. The highest BCUT2D eigenvalue weighted by Gasteiger charge is 2.27. The smallest absolute Gasteiger partial charge is 0.268 e. The Hall–Kier alpha value is -1.62. The van der Waals surface area contributed by atoms with E-state index >= 15 is 0 Å². The molecule has 0 saturated heterocycles. The van der Waals surface area contributed by atoms with Crippen molar-refractivity contribution in [1.82, 2.24) is 10.3 Å². The zero-order chi connectivity index (χ0) is 12.6. The predicted octanol–water partition coefficient (Wildman–Crippen LogP) is 0.665. The minimum atomic E-state index is -0.137. The summed E-state index contributed by atoms with van der Waals surface area (Å²) in [7, 11) is 0. The molecule has 1 aromatic heterocycles. The lowest BCUT2D eigenvalue weighted by Gasteiger charge is -2.02. The Morgan fingerprint density at radius 2 is 2.06 bits per heavy atom. The van der Waals surface area contributed by atoms with Crippen molar-refractivity contribution in [2.24, 2.45) is 5.73 Å². The van der Waals surface area contributed by atoms with Crippen molar-refractivity contribution in [1.29, 1.82) is 0 Å². The van der Waals surface area contributed by atoms with Crippen molar-refractivity contribution in [2.75, 3.05) is 6.54 Å². The molecule has 1 aliphatic carbocycles. The van der Waals surface area contributed by atoms with E-state index in [9.17, 15) is 9.59 Å². The molecule has 1 heterocycles. The number of H-pyrrole nitrogens is 1. The number of aromatic nitrogens is 1. The lowest BCUT2D eigenvalue weighted by Crippen LogP contribution is -2.26. The molecule has 17 heavy (non-hydrogen) atoms. The van der Waals surface area contributed by atoms with Crippen molar-refractivity contribution in [3.63, 3.8) is 0 Å². The number of carbonyl (C=O) groups excluding carboxylic acids is 2. The molecule has 0 unspecified atom stereocenters. The van der Waals surface area contributed by atoms with Gasteiger partial charge in [-0.15, -0.1) is 0 Å². The van der Waals surface area contributed by atoms with Crippen LogP contribution in [0.15, 0.2) is 0 Å². The molecular formula is C12H17N3O2. The highest BCUT2D eigenvalue weighted by Crippen LogP contribution is 2.22. The highest BCUT2D eigenvalue weighted by molar-refractivity contribution is 6.04. The van der Waals surface area contributed by atoms with E-state index in [1.165, 1.54) is 0 Å². The van der Waals surface area contributed by atoms with Crippen LogP contribution in [0.4, 0.5) is 0 Å². The van der Waals surface area contributed by atoms with E-state index in [1.54, 1.807) is 13.8 Å². The molecule has 1 aliphatic rings. The van der Waals surface area contributed by atoms with Crippen LogP contribution in [0.25, 0.3) is 0 Å². The molecule has 0 spiro atoms. The Kier molecular flexibility index (Phi) is 3.02. The first-order chi connectivity index (χ1) is 8.04. The fraction of sp³-hybridized carbons (Fsp3) is 0.500. The first-order valence-electron chi connectivity index (χ1n) is 5.78. The average Bonchev–Trinajstić information content (AvgIpc) is 3.04. The quantitative estimate of drug-likeness (QED) is 0.670. The van der Waals surface area contributed by atoms with Crippen LogP contribution in [0.2, 0.25) is 0 Å². The molecule has 4 N–H and O–H groups in total. The van der Waals surface area contributed by atoms with E-state index in [1.807, 2.05) is 0 Å². The number of amides is 1. The van der Waals surface area contributed by atoms with Crippen molar-refractivity contribution in [2.45, 2.75) is 32.7 Å². The van der Waals surface area contributed by atoms with Crippen LogP contribution in [-0.2, 0) is 0 Å². The maximum absolute atomic E-state index is 11.9. The number of aromatic amines is 1. The lowest BCUT2D eigenvalue weighted by atomic mass is 10.1. The molecule has 1 saturated carbocycles. The number of carbonyl (C=O) groups is 2. The van der Waals surface area contributed by atoms with E-state index in [2.05, 4.69) is 10.3 Å². The maximum atomic E-state index is 11.9. The standard InChI is InChI=1S/C12H17N3O2/c1-6-10(9(16)5-13)7(2)14-11(6)12(17)15-8-3-4-8/h8,14H,3-5,13H2,1-2H3,(H,15,17). The number of Topliss-reactive ketones (excluding diaryl/α,β-unsaturated/α-hetero) is 1. The van der Waals surface area contributed by atoms with E-state index in [4.69, 9.17) is 5.73 Å². The Morgan fingerprint density at radius 1 is 1.41 bits per heavy atom. The van der Waals surface area contributed by atoms with Crippen molar-refractivity contribution >= 4 is 11.7 Å². The van der Waals surface area contributed by atoms with Gasteiger partial charge in [0.1, 0.15) is 5.69 Å². The molecule has 5 nitrogen and oxygen atoms in total. The summed E-state index contributed by atoms with van der Waals surface area (Å²) in [5.74, 6) is -0.272. The van der Waals surface area contributed by atoms with Gasteiger partial charge in [0.05, 0.1) is 6.54 Å². The molecule has 1 fully saturated rings. The number of nitrogens with two attached hydrogens (primary N) is 1. The first-order valence-corrected chi connectivity index (χ1v) is 5.78. The maximum Gasteiger partial charge on any atom is 0.268 e. The van der Waals surface area contributed by atoms with Gasteiger partial charge in [0, 0.05) is 17.3 Å². The Labute approximate surface area is 99.8 Å². The van der Waals surface area contributed by atoms with Crippen LogP contribution in [0.3, 0.4) is 0 Å². The largest absolute Gasteiger partial charge is 0.354 e. The third-order valence-corrected chi connectivity index (χ3v) is 3.04. The zero-order valence-electron chi connectivity index (χ0n) is 10.1. The summed E-state index contributed by atoms with van der Waals surface area (Å²) in [6, 6.07) is 0.305. The van der Waals surface area contributed by atoms with Gasteiger partial charge < -0.3 is 16.0 Å². The first kappa shape index (κ1) is 11.9. The van der Waals surface area contributed by atoms with Crippen molar-refractivity contribution in [3.8, 4) is 0 Å². The minimum Gasteiger partial charge on any atom is -0.354 e. The van der Waals surface area contributed by atoms with Gasteiger partial charge in [-0.1, -0.05) is 0 Å². The monoisotopic (exact) mass is 235 g/mol. The molecule has 5 heteroatoms. The summed E-state index contributed by atoms with van der Waals surface area (Å²) in [4.78, 5) is 26.5. The van der Waals surface area contributed by atoms with Gasteiger partial charge in [0.25, 0.3) is 5.91 Å². The molecule has 1 amide bonds. The average molecular weight is 235 g/mol. The fourth-order valence-electron chi connectivity index (χ4n) is 1.98. The molecule has 0 radical (unpaired) electrons. The fourth-order valence-corrected chi connectivity index (χ4v) is 1.98. The third kappa shape index (κ3) is 2.24. The topological polar surface area (TPSA) is 88.0 Å². The van der Waals surface area contributed by atoms with Gasteiger partial charge in [-0.05, 0) is 32.3 Å². The predicted molar refractivity (Wildman–Crippen MR) is 64.1 cm³/mol. The molecule has 1 aromatic rings. The van der Waals surface area contributed by atoms with Gasteiger partial charge in [0.15, 0.2) is 5.78 Å². The van der Waals surface area contributed by atoms with Crippen molar-refractivity contribution < 1.29 is 9.59 Å². The van der Waals surface area contributed by atoms with Gasteiger partial charge in [-0.2, -0.15) is 0 Å². The van der Waals surface area contributed by atoms with E-state index in [0.29, 0.717) is 28.6 Å². The van der Waals surface area contributed by atoms with Gasteiger partial charge in [-0.25, -0.2) is 0 Å². The second kappa shape index (κ2) is 4.33. The molecule has 92 valence electrons. The van der Waals surface area contributed by atoms with Crippen LogP contribution in [0, 0.1) is 13.8 Å². The number of aryl methyl sites for hydroxylation is 1. The second-order valence-electron chi connectivity index (χ2n) is 4.50. The Morgan fingerprint density at radius 3 is 2.59 bits per heavy atom. The molecule has 0 aliphatic heterocycles. The van der Waals surface area contributed by atoms with E-state index < -0.39 is 0 Å².